The van der Waals surface area contributed by atoms with E-state index in [1.54, 1.807) is 0 Å². The number of nitrogens with zero attached hydrogens (tertiary/aromatic N) is 3. The van der Waals surface area contributed by atoms with Crippen LogP contribution in [0.25, 0.3) is 11.4 Å². The van der Waals surface area contributed by atoms with Crippen LogP contribution in [0, 0.1) is 5.41 Å². The van der Waals surface area contributed by atoms with Gasteiger partial charge >= 0.3 is 6.36 Å². The fourth-order valence-corrected chi connectivity index (χ4v) is 3.45. The summed E-state index contributed by atoms with van der Waals surface area (Å²) in [4.78, 5) is 18.6. The molecule has 30 heavy (non-hydrogen) atoms. The Morgan fingerprint density at radius 3 is 2.53 bits per heavy atom. The molecule has 0 radical (unpaired) electrons. The quantitative estimate of drug-likeness (QED) is 0.780. The average molecular weight is 426 g/mol. The van der Waals surface area contributed by atoms with Gasteiger partial charge in [0.05, 0.1) is 6.04 Å². The topological polar surface area (TPSA) is 80.5 Å². The Hall–Kier alpha value is -2.62. The van der Waals surface area contributed by atoms with E-state index in [0.717, 1.165) is 0 Å². The monoisotopic (exact) mass is 426 g/mol. The van der Waals surface area contributed by atoms with Crippen molar-refractivity contribution in [1.82, 2.24) is 20.4 Å². The number of nitrogens with one attached hydrogen (secondary N) is 1. The number of halogens is 3. The Bertz CT molecular complexity index is 875. The van der Waals surface area contributed by atoms with Crippen LogP contribution >= 0.6 is 0 Å². The van der Waals surface area contributed by atoms with Crippen molar-refractivity contribution in [2.45, 2.75) is 52.1 Å². The first kappa shape index (κ1) is 22.1. The summed E-state index contributed by atoms with van der Waals surface area (Å²) < 4.78 is 46.1. The van der Waals surface area contributed by atoms with Crippen LogP contribution in [-0.2, 0) is 4.79 Å². The molecule has 0 unspecified atom stereocenters. The molecule has 1 fully saturated rings. The molecule has 10 heteroatoms. The van der Waals surface area contributed by atoms with E-state index in [-0.39, 0.29) is 35.0 Å². The summed E-state index contributed by atoms with van der Waals surface area (Å²) in [5.41, 5.74) is 0.422. The molecule has 2 aromatic rings. The summed E-state index contributed by atoms with van der Waals surface area (Å²) in [5, 5.41) is 6.99. The van der Waals surface area contributed by atoms with Crippen molar-refractivity contribution in [3.63, 3.8) is 0 Å². The minimum absolute atomic E-state index is 0.00827. The van der Waals surface area contributed by atoms with E-state index >= 15 is 0 Å². The average Bonchev–Trinajstić information content (AvgIpc) is 3.19. The largest absolute Gasteiger partial charge is 0.573 e. The van der Waals surface area contributed by atoms with Crippen molar-refractivity contribution in [3.05, 3.63) is 30.2 Å². The number of likely N-dealkylation sites (tertiary alicyclic amines) is 1. The van der Waals surface area contributed by atoms with Crippen molar-refractivity contribution >= 4 is 5.91 Å². The van der Waals surface area contributed by atoms with Gasteiger partial charge in [-0.15, -0.1) is 13.2 Å². The Balaban J connectivity index is 1.64. The van der Waals surface area contributed by atoms with E-state index in [1.165, 1.54) is 24.3 Å². The molecule has 7 nitrogen and oxygen atoms in total. The Labute approximate surface area is 172 Å². The summed E-state index contributed by atoms with van der Waals surface area (Å²) >= 11 is 0. The van der Waals surface area contributed by atoms with Gasteiger partial charge in [-0.3, -0.25) is 9.69 Å². The van der Waals surface area contributed by atoms with Crippen LogP contribution in [0.4, 0.5) is 13.2 Å². The van der Waals surface area contributed by atoms with Crippen LogP contribution in [0.3, 0.4) is 0 Å². The zero-order valence-electron chi connectivity index (χ0n) is 17.3. The van der Waals surface area contributed by atoms with E-state index in [1.807, 2.05) is 32.7 Å². The molecule has 0 bridgehead atoms. The number of rotatable bonds is 5. The van der Waals surface area contributed by atoms with Gasteiger partial charge in [0.2, 0.25) is 17.6 Å². The highest BCUT2D eigenvalue weighted by atomic mass is 19.4. The van der Waals surface area contributed by atoms with E-state index in [2.05, 4.69) is 20.2 Å². The van der Waals surface area contributed by atoms with Crippen molar-refractivity contribution in [1.29, 1.82) is 0 Å². The van der Waals surface area contributed by atoms with E-state index in [4.69, 9.17) is 4.52 Å². The number of carbonyl (C=O) groups is 1. The van der Waals surface area contributed by atoms with Crippen LogP contribution in [0.2, 0.25) is 0 Å². The molecule has 1 aliphatic heterocycles. The van der Waals surface area contributed by atoms with Crippen LogP contribution in [0.1, 0.15) is 45.5 Å². The fraction of sp³-hybridized carbons (Fsp3) is 0.550. The lowest BCUT2D eigenvalue weighted by Gasteiger charge is -2.19. The summed E-state index contributed by atoms with van der Waals surface area (Å²) in [5.74, 6) is 0.362. The first-order chi connectivity index (χ1) is 13.9. The molecule has 0 saturated carbocycles. The maximum absolute atomic E-state index is 12.3. The molecule has 2 heterocycles. The number of alkyl halides is 3. The highest BCUT2D eigenvalue weighted by Crippen LogP contribution is 2.32. The molecule has 0 aliphatic carbocycles. The molecular formula is C20H25F3N4O3. The van der Waals surface area contributed by atoms with Gasteiger partial charge in [-0.05, 0) is 43.1 Å². The van der Waals surface area contributed by atoms with E-state index in [9.17, 15) is 18.0 Å². The second-order valence-corrected chi connectivity index (χ2v) is 8.72. The Morgan fingerprint density at radius 2 is 1.93 bits per heavy atom. The van der Waals surface area contributed by atoms with Crippen LogP contribution in [-0.4, -0.2) is 46.9 Å². The van der Waals surface area contributed by atoms with Crippen molar-refractivity contribution < 1.29 is 27.2 Å². The molecule has 1 amide bonds. The number of likely N-dealkylation sites (N-methyl/N-ethyl adjacent to an activating group) is 1. The standard InChI is InChI=1S/C20H25F3N4O3/c1-19(2,3)10-16(28)24-13-9-15(27(4)11-13)18-25-17(26-30-18)12-5-7-14(8-6-12)29-20(21,22)23/h5-8,13,15H,9-11H2,1-4H3,(H,24,28)/t13-,15-/m0/s1. The maximum Gasteiger partial charge on any atom is 0.573 e. The zero-order chi connectivity index (χ0) is 22.1. The lowest BCUT2D eigenvalue weighted by molar-refractivity contribution is -0.274. The molecule has 1 aromatic heterocycles. The summed E-state index contributed by atoms with van der Waals surface area (Å²) in [6, 6.07) is 5.08. The minimum atomic E-state index is -4.74. The molecule has 1 aliphatic rings. The normalized spacial score (nSPS) is 20.4. The summed E-state index contributed by atoms with van der Waals surface area (Å²) in [7, 11) is 1.91. The first-order valence-electron chi connectivity index (χ1n) is 9.59. The van der Waals surface area contributed by atoms with Gasteiger partial charge in [0.25, 0.3) is 0 Å². The van der Waals surface area contributed by atoms with E-state index in [0.29, 0.717) is 30.8 Å². The number of amides is 1. The lowest BCUT2D eigenvalue weighted by atomic mass is 9.92. The number of benzene rings is 1. The predicted molar refractivity (Wildman–Crippen MR) is 102 cm³/mol. The predicted octanol–water partition coefficient (Wildman–Crippen LogP) is 3.93. The van der Waals surface area contributed by atoms with Crippen molar-refractivity contribution in [3.8, 4) is 17.1 Å². The zero-order valence-corrected chi connectivity index (χ0v) is 17.3. The first-order valence-corrected chi connectivity index (χ1v) is 9.59. The van der Waals surface area contributed by atoms with Gasteiger partial charge in [-0.2, -0.15) is 4.98 Å². The second-order valence-electron chi connectivity index (χ2n) is 8.72. The SMILES string of the molecule is CN1C[C@@H](NC(=O)CC(C)(C)C)C[C@H]1c1nc(-c2ccc(OC(F)(F)F)cc2)no1. The number of hydrogen-bond donors (Lipinski definition) is 1. The summed E-state index contributed by atoms with van der Waals surface area (Å²) in [6.45, 7) is 6.69. The van der Waals surface area contributed by atoms with Crippen LogP contribution in [0.5, 0.6) is 5.75 Å². The smallest absolute Gasteiger partial charge is 0.406 e. The maximum atomic E-state index is 12.3. The van der Waals surface area contributed by atoms with Gasteiger partial charge in [0, 0.05) is 24.6 Å². The van der Waals surface area contributed by atoms with Crippen molar-refractivity contribution in [2.75, 3.05) is 13.6 Å². The van der Waals surface area contributed by atoms with Gasteiger partial charge in [-0.1, -0.05) is 25.9 Å². The molecule has 164 valence electrons. The molecule has 3 rings (SSSR count). The minimum Gasteiger partial charge on any atom is -0.406 e. The fourth-order valence-electron chi connectivity index (χ4n) is 3.45. The number of aromatic nitrogens is 2. The third-order valence-electron chi connectivity index (χ3n) is 4.68. The number of ether oxygens (including phenoxy) is 1. The van der Waals surface area contributed by atoms with Gasteiger partial charge in [-0.25, -0.2) is 0 Å². The Morgan fingerprint density at radius 1 is 1.27 bits per heavy atom. The second kappa shape index (κ2) is 8.25. The van der Waals surface area contributed by atoms with Gasteiger partial charge in [0.1, 0.15) is 5.75 Å². The van der Waals surface area contributed by atoms with Gasteiger partial charge in [0.15, 0.2) is 0 Å². The highest BCUT2D eigenvalue weighted by molar-refractivity contribution is 5.77. The number of carbonyl (C=O) groups excluding carboxylic acids is 1. The number of hydrogen-bond acceptors (Lipinski definition) is 6. The molecular weight excluding hydrogens is 401 g/mol. The summed E-state index contributed by atoms with van der Waals surface area (Å²) in [6.07, 6.45) is -3.67. The molecule has 2 atom stereocenters. The molecule has 1 saturated heterocycles. The third kappa shape index (κ3) is 5.94. The van der Waals surface area contributed by atoms with Crippen LogP contribution < -0.4 is 10.1 Å². The molecule has 1 aromatic carbocycles. The van der Waals surface area contributed by atoms with Gasteiger partial charge < -0.3 is 14.6 Å². The molecule has 1 N–H and O–H groups in total. The van der Waals surface area contributed by atoms with E-state index < -0.39 is 6.36 Å². The highest BCUT2D eigenvalue weighted by Gasteiger charge is 2.35. The Kier molecular flexibility index (Phi) is 6.07. The van der Waals surface area contributed by atoms with Crippen molar-refractivity contribution in [2.24, 2.45) is 5.41 Å². The lowest BCUT2D eigenvalue weighted by Crippen LogP contribution is -2.38. The third-order valence-corrected chi connectivity index (χ3v) is 4.68. The molecule has 0 spiro atoms. The van der Waals surface area contributed by atoms with Crippen LogP contribution in [0.15, 0.2) is 28.8 Å².